The maximum absolute atomic E-state index is 11.8. The summed E-state index contributed by atoms with van der Waals surface area (Å²) in [5.74, 6) is 1.63. The van der Waals surface area contributed by atoms with E-state index in [1.165, 1.54) is 7.11 Å². The molecule has 0 amide bonds. The quantitative estimate of drug-likeness (QED) is 0.674. The highest BCUT2D eigenvalue weighted by Gasteiger charge is 2.17. The normalized spacial score (nSPS) is 10.6. The van der Waals surface area contributed by atoms with E-state index in [0.717, 1.165) is 12.4 Å². The smallest absolute Gasteiger partial charge is 0.337 e. The van der Waals surface area contributed by atoms with Gasteiger partial charge in [0.15, 0.2) is 11.6 Å². The summed E-state index contributed by atoms with van der Waals surface area (Å²) in [5, 5.41) is 0. The number of methoxy groups -OCH3 is 2. The molecule has 0 aliphatic rings. The number of ether oxygens (including phenoxy) is 2. The van der Waals surface area contributed by atoms with E-state index in [4.69, 9.17) is 9.47 Å². The van der Waals surface area contributed by atoms with E-state index in [-0.39, 0.29) is 0 Å². The second kappa shape index (κ2) is 6.57. The Morgan fingerprint density at radius 1 is 1.12 bits per heavy atom. The van der Waals surface area contributed by atoms with E-state index in [9.17, 15) is 4.79 Å². The summed E-state index contributed by atoms with van der Waals surface area (Å²) in [6.45, 7) is 2.82. The van der Waals surface area contributed by atoms with Gasteiger partial charge in [0, 0.05) is 31.3 Å². The standard InChI is InChI=1S/C17H18N4O3/c1-4-20-9-7-18-15(20)16-19-8-10-21(16)13-11-12(17(22)24-3)5-6-14(13)23-2/h5-11H,4H2,1-3H3. The Hall–Kier alpha value is -3.09. The van der Waals surface area contributed by atoms with Gasteiger partial charge in [0.05, 0.1) is 25.5 Å². The molecule has 3 aromatic rings. The molecule has 0 bridgehead atoms. The van der Waals surface area contributed by atoms with Gasteiger partial charge < -0.3 is 14.0 Å². The van der Waals surface area contributed by atoms with Crippen LogP contribution < -0.4 is 4.74 Å². The first-order valence-corrected chi connectivity index (χ1v) is 7.51. The van der Waals surface area contributed by atoms with Gasteiger partial charge in [0.1, 0.15) is 5.75 Å². The van der Waals surface area contributed by atoms with E-state index < -0.39 is 5.97 Å². The summed E-state index contributed by atoms with van der Waals surface area (Å²) in [6, 6.07) is 5.12. The van der Waals surface area contributed by atoms with Gasteiger partial charge in [-0.3, -0.25) is 4.57 Å². The van der Waals surface area contributed by atoms with Gasteiger partial charge in [0.25, 0.3) is 0 Å². The number of benzene rings is 1. The summed E-state index contributed by atoms with van der Waals surface area (Å²) >= 11 is 0. The topological polar surface area (TPSA) is 71.2 Å². The third-order valence-corrected chi connectivity index (χ3v) is 3.76. The molecule has 2 heterocycles. The van der Waals surface area contributed by atoms with Gasteiger partial charge in [-0.15, -0.1) is 0 Å². The third-order valence-electron chi connectivity index (χ3n) is 3.76. The van der Waals surface area contributed by atoms with Crippen LogP contribution >= 0.6 is 0 Å². The summed E-state index contributed by atoms with van der Waals surface area (Å²) in [7, 11) is 2.94. The maximum Gasteiger partial charge on any atom is 0.337 e. The van der Waals surface area contributed by atoms with Crippen LogP contribution in [-0.4, -0.2) is 39.3 Å². The van der Waals surface area contributed by atoms with Crippen molar-refractivity contribution in [3.8, 4) is 23.1 Å². The van der Waals surface area contributed by atoms with Crippen molar-refractivity contribution in [3.05, 3.63) is 48.5 Å². The first-order valence-electron chi connectivity index (χ1n) is 7.51. The number of aryl methyl sites for hydroxylation is 1. The van der Waals surface area contributed by atoms with Crippen molar-refractivity contribution >= 4 is 5.97 Å². The summed E-state index contributed by atoms with van der Waals surface area (Å²) in [6.07, 6.45) is 7.13. The lowest BCUT2D eigenvalue weighted by Crippen LogP contribution is -2.07. The molecule has 7 nitrogen and oxygen atoms in total. The molecule has 0 unspecified atom stereocenters. The monoisotopic (exact) mass is 326 g/mol. The van der Waals surface area contributed by atoms with Gasteiger partial charge >= 0.3 is 5.97 Å². The van der Waals surface area contributed by atoms with Crippen molar-refractivity contribution in [2.45, 2.75) is 13.5 Å². The largest absolute Gasteiger partial charge is 0.495 e. The molecule has 0 spiro atoms. The Kier molecular flexibility index (Phi) is 4.33. The number of nitrogens with zero attached hydrogens (tertiary/aromatic N) is 4. The molecular formula is C17H18N4O3. The number of hydrogen-bond acceptors (Lipinski definition) is 5. The van der Waals surface area contributed by atoms with E-state index in [1.807, 2.05) is 28.5 Å². The molecule has 1 aromatic carbocycles. The number of carbonyl (C=O) groups excluding carboxylic acids is 1. The van der Waals surface area contributed by atoms with Crippen molar-refractivity contribution in [1.82, 2.24) is 19.1 Å². The Balaban J connectivity index is 2.16. The van der Waals surface area contributed by atoms with Crippen molar-refractivity contribution in [2.24, 2.45) is 0 Å². The van der Waals surface area contributed by atoms with Crippen molar-refractivity contribution in [3.63, 3.8) is 0 Å². The van der Waals surface area contributed by atoms with Gasteiger partial charge in [-0.1, -0.05) is 0 Å². The zero-order valence-electron chi connectivity index (χ0n) is 13.8. The lowest BCUT2D eigenvalue weighted by Gasteiger charge is -2.13. The molecule has 124 valence electrons. The highest BCUT2D eigenvalue weighted by molar-refractivity contribution is 5.90. The molecule has 0 saturated carbocycles. The van der Waals surface area contributed by atoms with E-state index >= 15 is 0 Å². The zero-order chi connectivity index (χ0) is 17.1. The molecular weight excluding hydrogens is 308 g/mol. The molecule has 0 N–H and O–H groups in total. The van der Waals surface area contributed by atoms with Crippen molar-refractivity contribution in [2.75, 3.05) is 14.2 Å². The summed E-state index contributed by atoms with van der Waals surface area (Å²) in [5.41, 5.74) is 1.13. The van der Waals surface area contributed by atoms with Crippen LogP contribution in [-0.2, 0) is 11.3 Å². The van der Waals surface area contributed by atoms with Gasteiger partial charge in [-0.25, -0.2) is 14.8 Å². The first-order chi connectivity index (χ1) is 11.7. The maximum atomic E-state index is 11.8. The highest BCUT2D eigenvalue weighted by atomic mass is 16.5. The molecule has 0 radical (unpaired) electrons. The fourth-order valence-corrected chi connectivity index (χ4v) is 2.56. The number of hydrogen-bond donors (Lipinski definition) is 0. The first kappa shape index (κ1) is 15.8. The minimum atomic E-state index is -0.407. The SMILES string of the molecule is CCn1ccnc1-c1nccn1-c1cc(C(=O)OC)ccc1OC. The van der Waals surface area contributed by atoms with Gasteiger partial charge in [0.2, 0.25) is 0 Å². The molecule has 0 fully saturated rings. The number of rotatable bonds is 5. The fraction of sp³-hybridized carbons (Fsp3) is 0.235. The highest BCUT2D eigenvalue weighted by Crippen LogP contribution is 2.28. The Bertz CT molecular complexity index is 866. The second-order valence-corrected chi connectivity index (χ2v) is 5.04. The minimum absolute atomic E-state index is 0.407. The van der Waals surface area contributed by atoms with Crippen LogP contribution in [0.4, 0.5) is 0 Å². The fourth-order valence-electron chi connectivity index (χ4n) is 2.56. The van der Waals surface area contributed by atoms with Crippen LogP contribution in [0.3, 0.4) is 0 Å². The van der Waals surface area contributed by atoms with Crippen LogP contribution in [0.1, 0.15) is 17.3 Å². The average molecular weight is 326 g/mol. The Morgan fingerprint density at radius 3 is 2.58 bits per heavy atom. The molecule has 0 atom stereocenters. The van der Waals surface area contributed by atoms with E-state index in [1.54, 1.807) is 37.7 Å². The minimum Gasteiger partial charge on any atom is -0.495 e. The molecule has 0 saturated heterocycles. The number of aromatic nitrogens is 4. The molecule has 3 rings (SSSR count). The molecule has 7 heteroatoms. The van der Waals surface area contributed by atoms with E-state index in [2.05, 4.69) is 9.97 Å². The van der Waals surface area contributed by atoms with Crippen molar-refractivity contribution in [1.29, 1.82) is 0 Å². The molecule has 24 heavy (non-hydrogen) atoms. The molecule has 0 aliphatic heterocycles. The predicted molar refractivity (Wildman–Crippen MR) is 88.4 cm³/mol. The van der Waals surface area contributed by atoms with Gasteiger partial charge in [-0.05, 0) is 25.1 Å². The van der Waals surface area contributed by atoms with Gasteiger partial charge in [-0.2, -0.15) is 0 Å². The van der Waals surface area contributed by atoms with Crippen LogP contribution in [0.15, 0.2) is 43.0 Å². The second-order valence-electron chi connectivity index (χ2n) is 5.04. The summed E-state index contributed by atoms with van der Waals surface area (Å²) in [4.78, 5) is 20.7. The van der Waals surface area contributed by atoms with Crippen LogP contribution in [0.5, 0.6) is 5.75 Å². The number of esters is 1. The Morgan fingerprint density at radius 2 is 1.88 bits per heavy atom. The molecule has 2 aromatic heterocycles. The van der Waals surface area contributed by atoms with Crippen molar-refractivity contribution < 1.29 is 14.3 Å². The van der Waals surface area contributed by atoms with Crippen LogP contribution in [0, 0.1) is 0 Å². The molecule has 0 aliphatic carbocycles. The zero-order valence-corrected chi connectivity index (χ0v) is 13.8. The van der Waals surface area contributed by atoms with E-state index in [0.29, 0.717) is 22.8 Å². The number of carbonyl (C=O) groups is 1. The van der Waals surface area contributed by atoms with Crippen LogP contribution in [0.25, 0.3) is 17.3 Å². The average Bonchev–Trinajstić information content (AvgIpc) is 3.28. The lowest BCUT2D eigenvalue weighted by molar-refractivity contribution is 0.0600. The Labute approximate surface area is 139 Å². The third kappa shape index (κ3) is 2.64. The predicted octanol–water partition coefficient (Wildman–Crippen LogP) is 2.55. The van der Waals surface area contributed by atoms with Crippen LogP contribution in [0.2, 0.25) is 0 Å². The lowest BCUT2D eigenvalue weighted by atomic mass is 10.2. The summed E-state index contributed by atoms with van der Waals surface area (Å²) < 4.78 is 14.1. The number of imidazole rings is 2.